The molecule has 4 nitrogen and oxygen atoms in total. The van der Waals surface area contributed by atoms with Crippen LogP contribution in [0.1, 0.15) is 43.6 Å². The molecule has 24 heavy (non-hydrogen) atoms. The number of ether oxygens (including phenoxy) is 1. The van der Waals surface area contributed by atoms with Gasteiger partial charge in [0.1, 0.15) is 11.4 Å². The monoisotopic (exact) mass is 325 g/mol. The van der Waals surface area contributed by atoms with Crippen molar-refractivity contribution in [3.63, 3.8) is 0 Å². The first kappa shape index (κ1) is 17.7. The topological polar surface area (TPSA) is 55.4 Å². The van der Waals surface area contributed by atoms with Crippen LogP contribution < -0.4 is 10.1 Å². The summed E-state index contributed by atoms with van der Waals surface area (Å²) < 4.78 is 5.76. The molecule has 1 amide bonds. The summed E-state index contributed by atoms with van der Waals surface area (Å²) in [7, 11) is 0. The number of hydrogen-bond donors (Lipinski definition) is 1. The van der Waals surface area contributed by atoms with Crippen LogP contribution in [0.15, 0.2) is 48.5 Å². The Bertz CT molecular complexity index is 727. The molecule has 0 radical (unpaired) electrons. The Morgan fingerprint density at radius 1 is 1.04 bits per heavy atom. The van der Waals surface area contributed by atoms with Crippen LogP contribution in [0.3, 0.4) is 0 Å². The maximum Gasteiger partial charge on any atom is 0.228 e. The number of rotatable bonds is 5. The van der Waals surface area contributed by atoms with Crippen LogP contribution in [-0.2, 0) is 11.2 Å². The van der Waals surface area contributed by atoms with Crippen molar-refractivity contribution in [1.29, 1.82) is 0 Å². The van der Waals surface area contributed by atoms with E-state index in [2.05, 4.69) is 5.32 Å². The van der Waals surface area contributed by atoms with Crippen LogP contribution in [0, 0.1) is 0 Å². The predicted octanol–water partition coefficient (Wildman–Crippen LogP) is 4.25. The molecule has 0 saturated carbocycles. The van der Waals surface area contributed by atoms with E-state index in [-0.39, 0.29) is 23.7 Å². The molecule has 0 bridgehead atoms. The molecular formula is C20H23NO3. The van der Waals surface area contributed by atoms with Gasteiger partial charge < -0.3 is 10.1 Å². The largest absolute Gasteiger partial charge is 0.488 e. The van der Waals surface area contributed by atoms with E-state index in [1.165, 1.54) is 6.92 Å². The maximum absolute atomic E-state index is 12.1. The Morgan fingerprint density at radius 3 is 2.29 bits per heavy atom. The number of carbonyl (C=O) groups excluding carboxylic acids is 2. The number of anilines is 1. The van der Waals surface area contributed by atoms with E-state index < -0.39 is 0 Å². The lowest BCUT2D eigenvalue weighted by Gasteiger charge is -2.21. The van der Waals surface area contributed by atoms with Crippen LogP contribution in [0.2, 0.25) is 0 Å². The summed E-state index contributed by atoms with van der Waals surface area (Å²) in [5, 5.41) is 2.82. The Morgan fingerprint density at radius 2 is 1.71 bits per heavy atom. The summed E-state index contributed by atoms with van der Waals surface area (Å²) >= 11 is 0. The van der Waals surface area contributed by atoms with Crippen LogP contribution >= 0.6 is 0 Å². The zero-order valence-corrected chi connectivity index (χ0v) is 14.6. The Hall–Kier alpha value is -2.62. The molecule has 1 N–H and O–H groups in total. The van der Waals surface area contributed by atoms with E-state index in [4.69, 9.17) is 4.74 Å². The van der Waals surface area contributed by atoms with E-state index >= 15 is 0 Å². The minimum Gasteiger partial charge on any atom is -0.488 e. The fourth-order valence-electron chi connectivity index (χ4n) is 2.24. The summed E-state index contributed by atoms with van der Waals surface area (Å²) in [6.45, 7) is 7.47. The average Bonchev–Trinajstić information content (AvgIpc) is 2.48. The molecular weight excluding hydrogens is 302 g/mol. The van der Waals surface area contributed by atoms with Crippen molar-refractivity contribution in [1.82, 2.24) is 0 Å². The van der Waals surface area contributed by atoms with Gasteiger partial charge in [-0.05, 0) is 57.5 Å². The number of ketones is 1. The van der Waals surface area contributed by atoms with Crippen molar-refractivity contribution in [3.05, 3.63) is 59.7 Å². The number of Topliss-reactive ketones (excluding diaryl/α,β-unsaturated/α-hetero) is 1. The van der Waals surface area contributed by atoms with Gasteiger partial charge in [-0.2, -0.15) is 0 Å². The van der Waals surface area contributed by atoms with Gasteiger partial charge in [-0.15, -0.1) is 0 Å². The highest BCUT2D eigenvalue weighted by molar-refractivity contribution is 5.97. The van der Waals surface area contributed by atoms with Crippen molar-refractivity contribution in [2.24, 2.45) is 0 Å². The van der Waals surface area contributed by atoms with Gasteiger partial charge in [0.15, 0.2) is 5.78 Å². The van der Waals surface area contributed by atoms with Gasteiger partial charge in [0, 0.05) is 11.3 Å². The lowest BCUT2D eigenvalue weighted by molar-refractivity contribution is -0.115. The number of benzene rings is 2. The van der Waals surface area contributed by atoms with E-state index in [9.17, 15) is 9.59 Å². The molecule has 0 heterocycles. The predicted molar refractivity (Wildman–Crippen MR) is 95.6 cm³/mol. The third-order valence-electron chi connectivity index (χ3n) is 3.26. The average molecular weight is 325 g/mol. The number of hydrogen-bond acceptors (Lipinski definition) is 3. The van der Waals surface area contributed by atoms with Crippen molar-refractivity contribution >= 4 is 17.4 Å². The first-order valence-electron chi connectivity index (χ1n) is 7.92. The molecule has 0 aromatic heterocycles. The van der Waals surface area contributed by atoms with E-state index in [1.54, 1.807) is 24.3 Å². The molecule has 126 valence electrons. The molecule has 2 aromatic rings. The second-order valence-corrected chi connectivity index (χ2v) is 6.72. The fourth-order valence-corrected chi connectivity index (χ4v) is 2.24. The second kappa shape index (κ2) is 7.30. The summed E-state index contributed by atoms with van der Waals surface area (Å²) in [5.41, 5.74) is 1.86. The van der Waals surface area contributed by atoms with Gasteiger partial charge in [0.05, 0.1) is 6.42 Å². The molecule has 0 unspecified atom stereocenters. The van der Waals surface area contributed by atoms with Gasteiger partial charge in [0.2, 0.25) is 5.91 Å². The quantitative estimate of drug-likeness (QED) is 0.836. The first-order valence-corrected chi connectivity index (χ1v) is 7.92. The molecule has 2 rings (SSSR count). The molecule has 0 saturated heterocycles. The molecule has 0 fully saturated rings. The highest BCUT2D eigenvalue weighted by atomic mass is 16.5. The third kappa shape index (κ3) is 5.54. The van der Waals surface area contributed by atoms with Gasteiger partial charge in [-0.1, -0.05) is 24.3 Å². The zero-order chi connectivity index (χ0) is 17.7. The van der Waals surface area contributed by atoms with E-state index in [0.29, 0.717) is 11.3 Å². The Labute approximate surface area is 142 Å². The zero-order valence-electron chi connectivity index (χ0n) is 14.6. The van der Waals surface area contributed by atoms with E-state index in [1.807, 2.05) is 45.0 Å². The number of nitrogens with one attached hydrogen (secondary N) is 1. The summed E-state index contributed by atoms with van der Waals surface area (Å²) in [5.74, 6) is 0.626. The highest BCUT2D eigenvalue weighted by Crippen LogP contribution is 2.19. The molecule has 0 spiro atoms. The third-order valence-corrected chi connectivity index (χ3v) is 3.26. The van der Waals surface area contributed by atoms with E-state index in [0.717, 1.165) is 11.3 Å². The van der Waals surface area contributed by atoms with Crippen molar-refractivity contribution in [3.8, 4) is 5.75 Å². The second-order valence-electron chi connectivity index (χ2n) is 6.72. The van der Waals surface area contributed by atoms with Crippen LogP contribution in [0.5, 0.6) is 5.75 Å². The lowest BCUT2D eigenvalue weighted by Crippen LogP contribution is -2.22. The minimum atomic E-state index is -0.249. The molecule has 0 aliphatic carbocycles. The standard InChI is InChI=1S/C20H23NO3/c1-14(22)16-6-5-7-17(13-16)21-19(23)12-15-8-10-18(11-9-15)24-20(2,3)4/h5-11,13H,12H2,1-4H3,(H,21,23). The highest BCUT2D eigenvalue weighted by Gasteiger charge is 2.12. The van der Waals surface area contributed by atoms with Crippen LogP contribution in [0.4, 0.5) is 5.69 Å². The van der Waals surface area contributed by atoms with Crippen molar-refractivity contribution < 1.29 is 14.3 Å². The first-order chi connectivity index (χ1) is 11.2. The Balaban J connectivity index is 1.97. The summed E-state index contributed by atoms with van der Waals surface area (Å²) in [4.78, 5) is 23.5. The maximum atomic E-state index is 12.1. The smallest absolute Gasteiger partial charge is 0.228 e. The number of amides is 1. The molecule has 0 atom stereocenters. The summed E-state index contributed by atoms with van der Waals surface area (Å²) in [6, 6.07) is 14.4. The van der Waals surface area contributed by atoms with Crippen molar-refractivity contribution in [2.45, 2.75) is 39.7 Å². The lowest BCUT2D eigenvalue weighted by atomic mass is 10.1. The molecule has 0 aliphatic rings. The summed E-state index contributed by atoms with van der Waals surface area (Å²) in [6.07, 6.45) is 0.264. The van der Waals surface area contributed by atoms with Crippen LogP contribution in [-0.4, -0.2) is 17.3 Å². The molecule has 2 aromatic carbocycles. The van der Waals surface area contributed by atoms with Crippen LogP contribution in [0.25, 0.3) is 0 Å². The Kier molecular flexibility index (Phi) is 5.39. The minimum absolute atomic E-state index is 0.0273. The fraction of sp³-hybridized carbons (Fsp3) is 0.300. The molecule has 4 heteroatoms. The van der Waals surface area contributed by atoms with Gasteiger partial charge in [-0.3, -0.25) is 9.59 Å². The SMILES string of the molecule is CC(=O)c1cccc(NC(=O)Cc2ccc(OC(C)(C)C)cc2)c1. The van der Waals surface area contributed by atoms with Gasteiger partial charge in [-0.25, -0.2) is 0 Å². The van der Waals surface area contributed by atoms with Crippen molar-refractivity contribution in [2.75, 3.05) is 5.32 Å². The van der Waals surface area contributed by atoms with Gasteiger partial charge >= 0.3 is 0 Å². The number of carbonyl (C=O) groups is 2. The van der Waals surface area contributed by atoms with Gasteiger partial charge in [0.25, 0.3) is 0 Å². The molecule has 0 aliphatic heterocycles. The normalized spacial score (nSPS) is 11.0.